The molecule has 0 radical (unpaired) electrons. The molecule has 0 fully saturated rings. The Labute approximate surface area is 110 Å². The van der Waals surface area contributed by atoms with Crippen LogP contribution in [-0.2, 0) is 6.42 Å². The summed E-state index contributed by atoms with van der Waals surface area (Å²) in [5.41, 5.74) is 1.27. The van der Waals surface area contributed by atoms with E-state index in [4.69, 9.17) is 0 Å². The predicted molar refractivity (Wildman–Crippen MR) is 72.7 cm³/mol. The lowest BCUT2D eigenvalue weighted by Crippen LogP contribution is -2.01. The van der Waals surface area contributed by atoms with E-state index in [0.717, 1.165) is 18.4 Å². The van der Waals surface area contributed by atoms with Gasteiger partial charge in [0.1, 0.15) is 5.82 Å². The third-order valence-electron chi connectivity index (χ3n) is 2.77. The maximum absolute atomic E-state index is 13.2. The smallest absolute Gasteiger partial charge is 0.162 e. The topological polar surface area (TPSA) is 17.1 Å². The van der Waals surface area contributed by atoms with E-state index in [-0.39, 0.29) is 11.6 Å². The van der Waals surface area contributed by atoms with E-state index in [1.807, 2.05) is 11.4 Å². The molecule has 0 aliphatic carbocycles. The van der Waals surface area contributed by atoms with Crippen molar-refractivity contribution in [3.05, 3.63) is 57.5 Å². The van der Waals surface area contributed by atoms with Crippen LogP contribution in [0.25, 0.3) is 0 Å². The average Bonchev–Trinajstić information content (AvgIpc) is 2.80. The maximum atomic E-state index is 13.2. The summed E-state index contributed by atoms with van der Waals surface area (Å²) in [6, 6.07) is 8.58. The summed E-state index contributed by atoms with van der Waals surface area (Å²) in [6.45, 7) is 1.80. The zero-order valence-electron chi connectivity index (χ0n) is 10.3. The van der Waals surface area contributed by atoms with Crippen LogP contribution in [0.1, 0.15) is 33.6 Å². The maximum Gasteiger partial charge on any atom is 0.162 e. The molecule has 1 aromatic carbocycles. The molecule has 0 unspecified atom stereocenters. The van der Waals surface area contributed by atoms with Crippen LogP contribution in [-0.4, -0.2) is 5.78 Å². The van der Waals surface area contributed by atoms with Crippen molar-refractivity contribution in [3.8, 4) is 0 Å². The second-order valence-electron chi connectivity index (χ2n) is 4.37. The van der Waals surface area contributed by atoms with Gasteiger partial charge in [0.25, 0.3) is 0 Å². The van der Waals surface area contributed by atoms with Gasteiger partial charge >= 0.3 is 0 Å². The summed E-state index contributed by atoms with van der Waals surface area (Å²) < 4.78 is 13.2. The van der Waals surface area contributed by atoms with E-state index in [0.29, 0.717) is 12.0 Å². The van der Waals surface area contributed by atoms with Gasteiger partial charge in [-0.25, -0.2) is 4.39 Å². The predicted octanol–water partition coefficient (Wildman–Crippen LogP) is 4.40. The molecule has 0 amide bonds. The van der Waals surface area contributed by atoms with E-state index in [9.17, 15) is 9.18 Å². The molecule has 0 aliphatic heterocycles. The quantitative estimate of drug-likeness (QED) is 0.730. The Morgan fingerprint density at radius 1 is 1.33 bits per heavy atom. The van der Waals surface area contributed by atoms with Gasteiger partial charge in [0.05, 0.1) is 0 Å². The van der Waals surface area contributed by atoms with E-state index >= 15 is 0 Å². The second-order valence-corrected chi connectivity index (χ2v) is 5.41. The minimum Gasteiger partial charge on any atom is -0.294 e. The highest BCUT2D eigenvalue weighted by Crippen LogP contribution is 2.15. The number of rotatable bonds is 5. The molecule has 3 heteroatoms. The summed E-state index contributed by atoms with van der Waals surface area (Å²) in [7, 11) is 0. The SMILES string of the molecule is Cc1cc(F)cc(C(=O)CCCc2cccs2)c1. The van der Waals surface area contributed by atoms with Gasteiger partial charge in [0.2, 0.25) is 0 Å². The summed E-state index contributed by atoms with van der Waals surface area (Å²) in [5.74, 6) is -0.314. The highest BCUT2D eigenvalue weighted by molar-refractivity contribution is 7.09. The number of aryl methyl sites for hydroxylation is 2. The van der Waals surface area contributed by atoms with Crippen LogP contribution in [0.5, 0.6) is 0 Å². The first-order chi connectivity index (χ1) is 8.65. The minimum absolute atomic E-state index is 0.0224. The Morgan fingerprint density at radius 2 is 2.17 bits per heavy atom. The molecule has 0 N–H and O–H groups in total. The first-order valence-electron chi connectivity index (χ1n) is 5.98. The lowest BCUT2D eigenvalue weighted by atomic mass is 10.0. The molecule has 0 spiro atoms. The molecule has 2 rings (SSSR count). The number of hydrogen-bond acceptors (Lipinski definition) is 2. The van der Waals surface area contributed by atoms with Gasteiger partial charge < -0.3 is 0 Å². The zero-order valence-corrected chi connectivity index (χ0v) is 11.1. The summed E-state index contributed by atoms with van der Waals surface area (Å²) in [6.07, 6.45) is 2.20. The number of hydrogen-bond donors (Lipinski definition) is 0. The van der Waals surface area contributed by atoms with E-state index < -0.39 is 0 Å². The lowest BCUT2D eigenvalue weighted by molar-refractivity contribution is 0.0979. The Balaban J connectivity index is 1.91. The monoisotopic (exact) mass is 262 g/mol. The van der Waals surface area contributed by atoms with Gasteiger partial charge in [-0.3, -0.25) is 4.79 Å². The molecule has 0 aliphatic rings. The molecule has 94 valence electrons. The van der Waals surface area contributed by atoms with Crippen LogP contribution in [0, 0.1) is 12.7 Å². The largest absolute Gasteiger partial charge is 0.294 e. The summed E-state index contributed by atoms with van der Waals surface area (Å²) in [4.78, 5) is 13.2. The number of benzene rings is 1. The van der Waals surface area contributed by atoms with E-state index in [1.54, 1.807) is 24.3 Å². The summed E-state index contributed by atoms with van der Waals surface area (Å²) in [5, 5.41) is 2.03. The van der Waals surface area contributed by atoms with E-state index in [2.05, 4.69) is 6.07 Å². The number of carbonyl (C=O) groups is 1. The minimum atomic E-state index is -0.336. The highest BCUT2D eigenvalue weighted by Gasteiger charge is 2.08. The Kier molecular flexibility index (Phi) is 4.26. The molecular formula is C15H15FOS. The van der Waals surface area contributed by atoms with Crippen LogP contribution < -0.4 is 0 Å². The molecule has 0 saturated carbocycles. The molecule has 0 bridgehead atoms. The van der Waals surface area contributed by atoms with E-state index in [1.165, 1.54) is 17.0 Å². The first kappa shape index (κ1) is 13.0. The molecule has 18 heavy (non-hydrogen) atoms. The number of Topliss-reactive ketones (excluding diaryl/α,β-unsaturated/α-hetero) is 1. The fourth-order valence-corrected chi connectivity index (χ4v) is 2.67. The van der Waals surface area contributed by atoms with Gasteiger partial charge in [0.15, 0.2) is 5.78 Å². The van der Waals surface area contributed by atoms with Crippen molar-refractivity contribution in [2.24, 2.45) is 0 Å². The Hall–Kier alpha value is -1.48. The van der Waals surface area contributed by atoms with Crippen LogP contribution >= 0.6 is 11.3 Å². The molecule has 2 aromatic rings. The van der Waals surface area contributed by atoms with Crippen molar-refractivity contribution in [1.29, 1.82) is 0 Å². The van der Waals surface area contributed by atoms with Crippen molar-refractivity contribution in [1.82, 2.24) is 0 Å². The van der Waals surface area contributed by atoms with Crippen LogP contribution in [0.3, 0.4) is 0 Å². The molecule has 0 saturated heterocycles. The number of ketones is 1. The van der Waals surface area contributed by atoms with Crippen molar-refractivity contribution in [3.63, 3.8) is 0 Å². The summed E-state index contributed by atoms with van der Waals surface area (Å²) >= 11 is 1.70. The molecule has 0 atom stereocenters. The van der Waals surface area contributed by atoms with Gasteiger partial charge in [-0.15, -0.1) is 11.3 Å². The van der Waals surface area contributed by atoms with Crippen molar-refractivity contribution in [2.75, 3.05) is 0 Å². The van der Waals surface area contributed by atoms with Crippen LogP contribution in [0.2, 0.25) is 0 Å². The first-order valence-corrected chi connectivity index (χ1v) is 6.86. The number of halogens is 1. The highest BCUT2D eigenvalue weighted by atomic mass is 32.1. The van der Waals surface area contributed by atoms with Gasteiger partial charge in [-0.2, -0.15) is 0 Å². The third-order valence-corrected chi connectivity index (χ3v) is 3.71. The van der Waals surface area contributed by atoms with Crippen molar-refractivity contribution in [2.45, 2.75) is 26.2 Å². The number of thiophene rings is 1. The lowest BCUT2D eigenvalue weighted by Gasteiger charge is -2.02. The average molecular weight is 262 g/mol. The fraction of sp³-hybridized carbons (Fsp3) is 0.267. The van der Waals surface area contributed by atoms with Gasteiger partial charge in [-0.1, -0.05) is 6.07 Å². The van der Waals surface area contributed by atoms with Gasteiger partial charge in [0, 0.05) is 16.9 Å². The standard InChI is InChI=1S/C15H15FOS/c1-11-8-12(10-13(16)9-11)15(17)6-2-4-14-5-3-7-18-14/h3,5,7-10H,2,4,6H2,1H3. The van der Waals surface area contributed by atoms with Crippen LogP contribution in [0.15, 0.2) is 35.7 Å². The van der Waals surface area contributed by atoms with Crippen molar-refractivity contribution < 1.29 is 9.18 Å². The normalized spacial score (nSPS) is 10.6. The second kappa shape index (κ2) is 5.91. The molecule has 1 aromatic heterocycles. The molecular weight excluding hydrogens is 247 g/mol. The number of carbonyl (C=O) groups excluding carboxylic acids is 1. The molecule has 1 heterocycles. The third kappa shape index (κ3) is 3.50. The zero-order chi connectivity index (χ0) is 13.0. The Bertz CT molecular complexity index is 511. The van der Waals surface area contributed by atoms with Gasteiger partial charge in [-0.05, 0) is 55.0 Å². The fourth-order valence-electron chi connectivity index (χ4n) is 1.92. The van der Waals surface area contributed by atoms with Crippen LogP contribution in [0.4, 0.5) is 4.39 Å². The molecule has 1 nitrogen and oxygen atoms in total. The Morgan fingerprint density at radius 3 is 2.83 bits per heavy atom. The van der Waals surface area contributed by atoms with Crippen molar-refractivity contribution >= 4 is 17.1 Å².